The summed E-state index contributed by atoms with van der Waals surface area (Å²) in [4.78, 5) is 17.4. The molecule has 2 aromatic carbocycles. The van der Waals surface area contributed by atoms with E-state index >= 15 is 0 Å². The number of benzene rings is 2. The molecule has 1 aliphatic rings. The van der Waals surface area contributed by atoms with Crippen molar-refractivity contribution in [3.05, 3.63) is 53.6 Å². The van der Waals surface area contributed by atoms with Crippen LogP contribution in [-0.2, 0) is 9.63 Å². The zero-order valence-electron chi connectivity index (χ0n) is 12.5. The van der Waals surface area contributed by atoms with E-state index in [1.54, 1.807) is 36.4 Å². The van der Waals surface area contributed by atoms with Gasteiger partial charge in [0.05, 0.1) is 11.4 Å². The van der Waals surface area contributed by atoms with Gasteiger partial charge in [-0.15, -0.1) is 0 Å². The van der Waals surface area contributed by atoms with E-state index in [4.69, 9.17) is 4.84 Å². The number of rotatable bonds is 3. The number of phenols is 2. The Morgan fingerprint density at radius 2 is 2.00 bits per heavy atom. The van der Waals surface area contributed by atoms with Crippen LogP contribution in [0.4, 0.5) is 5.69 Å². The fourth-order valence-corrected chi connectivity index (χ4v) is 2.36. The number of aromatic hydroxyl groups is 2. The van der Waals surface area contributed by atoms with Gasteiger partial charge in [0.15, 0.2) is 0 Å². The minimum absolute atomic E-state index is 0.0104. The van der Waals surface area contributed by atoms with E-state index in [0.717, 1.165) is 5.56 Å². The highest BCUT2D eigenvalue weighted by molar-refractivity contribution is 6.07. The number of para-hydroxylation sites is 1. The molecule has 2 aromatic rings. The fourth-order valence-electron chi connectivity index (χ4n) is 2.36. The second-order valence-electron chi connectivity index (χ2n) is 5.36. The van der Waals surface area contributed by atoms with Crippen molar-refractivity contribution >= 4 is 17.3 Å². The first kappa shape index (κ1) is 14.9. The van der Waals surface area contributed by atoms with Gasteiger partial charge in [-0.05, 0) is 36.8 Å². The molecule has 6 heteroatoms. The van der Waals surface area contributed by atoms with E-state index in [1.165, 1.54) is 6.07 Å². The lowest BCUT2D eigenvalue weighted by Gasteiger charge is -2.11. The number of aryl methyl sites for hydroxylation is 1. The molecule has 0 unspecified atom stereocenters. The topological polar surface area (TPSA) is 91.2 Å². The van der Waals surface area contributed by atoms with Crippen LogP contribution in [0.3, 0.4) is 0 Å². The molecule has 0 aromatic heterocycles. The average Bonchev–Trinajstić information content (AvgIpc) is 3.01. The molecule has 0 bridgehead atoms. The first-order valence-electron chi connectivity index (χ1n) is 7.16. The zero-order valence-corrected chi connectivity index (χ0v) is 12.5. The molecule has 0 aliphatic carbocycles. The normalized spacial score (nSPS) is 16.6. The Morgan fingerprint density at radius 1 is 1.22 bits per heavy atom. The van der Waals surface area contributed by atoms with E-state index in [2.05, 4.69) is 10.5 Å². The van der Waals surface area contributed by atoms with Crippen molar-refractivity contribution in [2.45, 2.75) is 19.4 Å². The second kappa shape index (κ2) is 6.00. The molecule has 0 radical (unpaired) electrons. The van der Waals surface area contributed by atoms with Gasteiger partial charge in [0.2, 0.25) is 6.10 Å². The molecule has 0 fully saturated rings. The Kier molecular flexibility index (Phi) is 3.89. The molecule has 6 nitrogen and oxygen atoms in total. The highest BCUT2D eigenvalue weighted by Gasteiger charge is 2.30. The number of hydrogen-bond donors (Lipinski definition) is 3. The zero-order chi connectivity index (χ0) is 16.4. The van der Waals surface area contributed by atoms with Crippen LogP contribution in [0, 0.1) is 6.92 Å². The minimum Gasteiger partial charge on any atom is -0.507 e. The van der Waals surface area contributed by atoms with Gasteiger partial charge in [-0.1, -0.05) is 23.4 Å². The third kappa shape index (κ3) is 3.11. The third-order valence-electron chi connectivity index (χ3n) is 3.59. The second-order valence-corrected chi connectivity index (χ2v) is 5.36. The molecular formula is C17H16N2O4. The summed E-state index contributed by atoms with van der Waals surface area (Å²) in [6.07, 6.45) is -0.555. The number of nitrogens with one attached hydrogen (secondary N) is 1. The summed E-state index contributed by atoms with van der Waals surface area (Å²) in [5.74, 6) is -0.323. The van der Waals surface area contributed by atoms with Crippen molar-refractivity contribution in [2.75, 3.05) is 5.32 Å². The van der Waals surface area contributed by atoms with Crippen molar-refractivity contribution in [1.29, 1.82) is 0 Å². The van der Waals surface area contributed by atoms with Crippen LogP contribution in [0.1, 0.15) is 17.5 Å². The minimum atomic E-state index is -0.801. The Hall–Kier alpha value is -3.02. The summed E-state index contributed by atoms with van der Waals surface area (Å²) in [6.45, 7) is 1.86. The number of carbonyl (C=O) groups excluding carboxylic acids is 1. The maximum Gasteiger partial charge on any atom is 0.268 e. The summed E-state index contributed by atoms with van der Waals surface area (Å²) < 4.78 is 0. The van der Waals surface area contributed by atoms with E-state index in [0.29, 0.717) is 17.0 Å². The SMILES string of the molecule is Cc1ccc(O)c(NC(=O)[C@@H]2CC(c3ccccc3O)=NO2)c1. The van der Waals surface area contributed by atoms with Crippen LogP contribution in [0.2, 0.25) is 0 Å². The molecule has 1 aliphatic heterocycles. The smallest absolute Gasteiger partial charge is 0.268 e. The van der Waals surface area contributed by atoms with Crippen LogP contribution in [0.15, 0.2) is 47.6 Å². The van der Waals surface area contributed by atoms with Crippen molar-refractivity contribution in [1.82, 2.24) is 0 Å². The Balaban J connectivity index is 1.69. The number of nitrogens with zero attached hydrogens (tertiary/aromatic N) is 1. The highest BCUT2D eigenvalue weighted by atomic mass is 16.6. The van der Waals surface area contributed by atoms with Gasteiger partial charge in [0.1, 0.15) is 11.5 Å². The third-order valence-corrected chi connectivity index (χ3v) is 3.59. The van der Waals surface area contributed by atoms with Crippen molar-refractivity contribution in [3.63, 3.8) is 0 Å². The molecule has 3 N–H and O–H groups in total. The molecule has 3 rings (SSSR count). The van der Waals surface area contributed by atoms with Crippen molar-refractivity contribution < 1.29 is 19.8 Å². The molecule has 0 saturated carbocycles. The lowest BCUT2D eigenvalue weighted by atomic mass is 10.0. The molecule has 118 valence electrons. The number of phenolic OH excluding ortho intramolecular Hbond substituents is 2. The van der Waals surface area contributed by atoms with Crippen LogP contribution in [0.25, 0.3) is 0 Å². The average molecular weight is 312 g/mol. The van der Waals surface area contributed by atoms with Gasteiger partial charge < -0.3 is 20.4 Å². The van der Waals surface area contributed by atoms with E-state index < -0.39 is 12.0 Å². The van der Waals surface area contributed by atoms with Crippen LogP contribution >= 0.6 is 0 Å². The largest absolute Gasteiger partial charge is 0.507 e. The van der Waals surface area contributed by atoms with Gasteiger partial charge >= 0.3 is 0 Å². The lowest BCUT2D eigenvalue weighted by Crippen LogP contribution is -2.28. The number of oxime groups is 1. The predicted molar refractivity (Wildman–Crippen MR) is 85.6 cm³/mol. The summed E-state index contributed by atoms with van der Waals surface area (Å²) in [7, 11) is 0. The first-order valence-corrected chi connectivity index (χ1v) is 7.16. The van der Waals surface area contributed by atoms with Crippen LogP contribution in [0.5, 0.6) is 11.5 Å². The number of hydrogen-bond acceptors (Lipinski definition) is 5. The number of carbonyl (C=O) groups is 1. The highest BCUT2D eigenvalue weighted by Crippen LogP contribution is 2.27. The van der Waals surface area contributed by atoms with E-state index in [9.17, 15) is 15.0 Å². The standard InChI is InChI=1S/C17H16N2O4/c1-10-6-7-15(21)13(8-10)18-17(22)16-9-12(19-23-16)11-4-2-3-5-14(11)20/h2-8,16,20-21H,9H2,1H3,(H,18,22)/t16-/m0/s1. The maximum atomic E-state index is 12.3. The summed E-state index contributed by atoms with van der Waals surface area (Å²) in [5.41, 5.74) is 2.30. The molecule has 1 amide bonds. The fraction of sp³-hybridized carbons (Fsp3) is 0.176. The predicted octanol–water partition coefficient (Wildman–Crippen LogP) is 2.54. The molecule has 0 spiro atoms. The van der Waals surface area contributed by atoms with Gasteiger partial charge in [-0.2, -0.15) is 0 Å². The Labute approximate surface area is 133 Å². The molecule has 23 heavy (non-hydrogen) atoms. The van der Waals surface area contributed by atoms with Crippen LogP contribution < -0.4 is 5.32 Å². The molecule has 1 heterocycles. The monoisotopic (exact) mass is 312 g/mol. The Morgan fingerprint density at radius 3 is 2.78 bits per heavy atom. The maximum absolute atomic E-state index is 12.3. The lowest BCUT2D eigenvalue weighted by molar-refractivity contribution is -0.125. The number of amides is 1. The molecule has 0 saturated heterocycles. The summed E-state index contributed by atoms with van der Waals surface area (Å²) >= 11 is 0. The Bertz CT molecular complexity index is 786. The van der Waals surface area contributed by atoms with Gasteiger partial charge in [-0.25, -0.2) is 0 Å². The van der Waals surface area contributed by atoms with E-state index in [-0.39, 0.29) is 17.9 Å². The van der Waals surface area contributed by atoms with Gasteiger partial charge in [0, 0.05) is 12.0 Å². The first-order chi connectivity index (χ1) is 11.0. The summed E-state index contributed by atoms with van der Waals surface area (Å²) in [5, 5.41) is 26.1. The van der Waals surface area contributed by atoms with Crippen LogP contribution in [-0.4, -0.2) is 27.9 Å². The van der Waals surface area contributed by atoms with Crippen molar-refractivity contribution in [3.8, 4) is 11.5 Å². The van der Waals surface area contributed by atoms with Gasteiger partial charge in [-0.3, -0.25) is 4.79 Å². The molecular weight excluding hydrogens is 296 g/mol. The quantitative estimate of drug-likeness (QED) is 0.760. The van der Waals surface area contributed by atoms with Gasteiger partial charge in [0.25, 0.3) is 5.91 Å². The van der Waals surface area contributed by atoms with Crippen molar-refractivity contribution in [2.24, 2.45) is 5.16 Å². The number of anilines is 1. The molecule has 1 atom stereocenters. The van der Waals surface area contributed by atoms with E-state index in [1.807, 2.05) is 6.92 Å². The summed E-state index contributed by atoms with van der Waals surface area (Å²) in [6, 6.07) is 11.7.